The number of carbonyl (C=O) groups is 1. The van der Waals surface area contributed by atoms with E-state index < -0.39 is 5.97 Å². The van der Waals surface area contributed by atoms with Crippen LogP contribution >= 0.6 is 0 Å². The Kier molecular flexibility index (Phi) is 5.52. The molecule has 0 radical (unpaired) electrons. The number of nitrogens with two attached hydrogens (primary N) is 1. The van der Waals surface area contributed by atoms with E-state index in [0.29, 0.717) is 36.4 Å². The van der Waals surface area contributed by atoms with E-state index in [4.69, 9.17) is 20.5 Å². The molecule has 0 saturated heterocycles. The van der Waals surface area contributed by atoms with Gasteiger partial charge in [-0.2, -0.15) is 5.26 Å². The van der Waals surface area contributed by atoms with Crippen molar-refractivity contribution in [2.24, 2.45) is 0 Å². The standard InChI is InChI=1S/C13H16N2O3/c1-2-17-12-8-10(7-11(15)9-12)13(16)18-6-4-3-5-14/h7-9H,2-4,6,15H2,1H3. The third kappa shape index (κ3) is 4.34. The molecule has 0 unspecified atom stereocenters. The molecule has 0 aromatic heterocycles. The minimum absolute atomic E-state index is 0.227. The lowest BCUT2D eigenvalue weighted by atomic mass is 10.2. The quantitative estimate of drug-likeness (QED) is 0.473. The van der Waals surface area contributed by atoms with Crippen LogP contribution in [0.1, 0.15) is 30.1 Å². The molecule has 0 saturated carbocycles. The zero-order chi connectivity index (χ0) is 13.4. The van der Waals surface area contributed by atoms with E-state index >= 15 is 0 Å². The number of unbranched alkanes of at least 4 members (excludes halogenated alkanes) is 1. The number of nitrogen functional groups attached to an aromatic ring is 1. The fourth-order valence-electron chi connectivity index (χ4n) is 1.39. The first-order chi connectivity index (χ1) is 8.67. The Labute approximate surface area is 106 Å². The maximum Gasteiger partial charge on any atom is 0.338 e. The smallest absolute Gasteiger partial charge is 0.338 e. The van der Waals surface area contributed by atoms with E-state index in [-0.39, 0.29) is 6.61 Å². The molecule has 1 rings (SSSR count). The van der Waals surface area contributed by atoms with Gasteiger partial charge in [0, 0.05) is 18.2 Å². The Morgan fingerprint density at radius 1 is 1.44 bits per heavy atom. The Morgan fingerprint density at radius 2 is 2.22 bits per heavy atom. The Balaban J connectivity index is 2.64. The second-order valence-corrected chi connectivity index (χ2v) is 3.62. The predicted octanol–water partition coefficient (Wildman–Crippen LogP) is 2.13. The molecule has 18 heavy (non-hydrogen) atoms. The maximum absolute atomic E-state index is 11.7. The van der Waals surface area contributed by atoms with E-state index in [9.17, 15) is 4.79 Å². The highest BCUT2D eigenvalue weighted by atomic mass is 16.5. The van der Waals surface area contributed by atoms with Crippen molar-refractivity contribution in [3.05, 3.63) is 23.8 Å². The summed E-state index contributed by atoms with van der Waals surface area (Å²) in [5.74, 6) is 0.0858. The van der Waals surface area contributed by atoms with Crippen LogP contribution in [0.5, 0.6) is 5.75 Å². The van der Waals surface area contributed by atoms with Crippen LogP contribution in [0.3, 0.4) is 0 Å². The molecule has 0 bridgehead atoms. The van der Waals surface area contributed by atoms with Crippen molar-refractivity contribution in [3.63, 3.8) is 0 Å². The van der Waals surface area contributed by atoms with Gasteiger partial charge in [-0.05, 0) is 25.5 Å². The van der Waals surface area contributed by atoms with Crippen LogP contribution in [-0.4, -0.2) is 19.2 Å². The lowest BCUT2D eigenvalue weighted by Crippen LogP contribution is -2.07. The molecule has 0 spiro atoms. The highest BCUT2D eigenvalue weighted by molar-refractivity contribution is 5.91. The second kappa shape index (κ2) is 7.17. The zero-order valence-electron chi connectivity index (χ0n) is 10.3. The summed E-state index contributed by atoms with van der Waals surface area (Å²) >= 11 is 0. The molecule has 1 aromatic rings. The van der Waals surface area contributed by atoms with Crippen LogP contribution in [0.4, 0.5) is 5.69 Å². The Morgan fingerprint density at radius 3 is 2.89 bits per heavy atom. The molecule has 0 heterocycles. The van der Waals surface area contributed by atoms with E-state index in [2.05, 4.69) is 0 Å². The summed E-state index contributed by atoms with van der Waals surface area (Å²) in [6, 6.07) is 6.76. The Bertz CT molecular complexity index is 452. The van der Waals surface area contributed by atoms with Gasteiger partial charge in [0.05, 0.1) is 24.8 Å². The molecular weight excluding hydrogens is 232 g/mol. The molecule has 0 aliphatic carbocycles. The van der Waals surface area contributed by atoms with Crippen molar-refractivity contribution in [1.29, 1.82) is 5.26 Å². The monoisotopic (exact) mass is 248 g/mol. The average molecular weight is 248 g/mol. The largest absolute Gasteiger partial charge is 0.494 e. The van der Waals surface area contributed by atoms with Gasteiger partial charge in [-0.3, -0.25) is 0 Å². The van der Waals surface area contributed by atoms with Crippen molar-refractivity contribution in [2.45, 2.75) is 19.8 Å². The van der Waals surface area contributed by atoms with Gasteiger partial charge in [-0.15, -0.1) is 0 Å². The van der Waals surface area contributed by atoms with Crippen LogP contribution in [0, 0.1) is 11.3 Å². The van der Waals surface area contributed by atoms with Crippen LogP contribution in [0.25, 0.3) is 0 Å². The molecule has 0 aliphatic heterocycles. The summed E-state index contributed by atoms with van der Waals surface area (Å²) in [4.78, 5) is 11.7. The molecule has 0 fully saturated rings. The number of rotatable bonds is 6. The number of benzene rings is 1. The number of hydrogen-bond acceptors (Lipinski definition) is 5. The lowest BCUT2D eigenvalue weighted by molar-refractivity contribution is 0.0501. The van der Waals surface area contributed by atoms with Crippen molar-refractivity contribution in [3.8, 4) is 11.8 Å². The van der Waals surface area contributed by atoms with Crippen LogP contribution < -0.4 is 10.5 Å². The van der Waals surface area contributed by atoms with Crippen molar-refractivity contribution in [2.75, 3.05) is 18.9 Å². The summed E-state index contributed by atoms with van der Waals surface area (Å²) < 4.78 is 10.3. The molecule has 0 aliphatic rings. The minimum atomic E-state index is -0.457. The topological polar surface area (TPSA) is 85.3 Å². The molecule has 96 valence electrons. The first-order valence-corrected chi connectivity index (χ1v) is 5.74. The summed E-state index contributed by atoms with van der Waals surface area (Å²) in [5.41, 5.74) is 6.48. The van der Waals surface area contributed by atoms with Gasteiger partial charge in [0.15, 0.2) is 0 Å². The maximum atomic E-state index is 11.7. The third-order valence-corrected chi connectivity index (χ3v) is 2.14. The molecule has 5 nitrogen and oxygen atoms in total. The number of nitriles is 1. The normalized spacial score (nSPS) is 9.56. The zero-order valence-corrected chi connectivity index (χ0v) is 10.3. The minimum Gasteiger partial charge on any atom is -0.494 e. The van der Waals surface area contributed by atoms with Crippen molar-refractivity contribution >= 4 is 11.7 Å². The van der Waals surface area contributed by atoms with Gasteiger partial charge in [0.2, 0.25) is 0 Å². The number of ether oxygens (including phenoxy) is 2. The Hall–Kier alpha value is -2.22. The van der Waals surface area contributed by atoms with Crippen LogP contribution in [-0.2, 0) is 4.74 Å². The summed E-state index contributed by atoms with van der Waals surface area (Å²) in [6.45, 7) is 2.58. The first kappa shape index (κ1) is 13.8. The number of hydrogen-bond donors (Lipinski definition) is 1. The predicted molar refractivity (Wildman–Crippen MR) is 67.2 cm³/mol. The van der Waals surface area contributed by atoms with Gasteiger partial charge in [0.25, 0.3) is 0 Å². The molecular formula is C13H16N2O3. The number of anilines is 1. The number of carbonyl (C=O) groups excluding carboxylic acids is 1. The summed E-state index contributed by atoms with van der Waals surface area (Å²) in [6.07, 6.45) is 0.900. The van der Waals surface area contributed by atoms with Crippen LogP contribution in [0.15, 0.2) is 18.2 Å². The first-order valence-electron chi connectivity index (χ1n) is 5.74. The third-order valence-electron chi connectivity index (χ3n) is 2.14. The molecule has 2 N–H and O–H groups in total. The van der Waals surface area contributed by atoms with Gasteiger partial charge < -0.3 is 15.2 Å². The highest BCUT2D eigenvalue weighted by Gasteiger charge is 2.09. The fourth-order valence-corrected chi connectivity index (χ4v) is 1.39. The van der Waals surface area contributed by atoms with Gasteiger partial charge >= 0.3 is 5.97 Å². The SMILES string of the molecule is CCOc1cc(N)cc(C(=O)OCCCC#N)c1. The summed E-state index contributed by atoms with van der Waals surface area (Å²) in [7, 11) is 0. The number of nitrogens with zero attached hydrogens (tertiary/aromatic N) is 1. The molecule has 5 heteroatoms. The van der Waals surface area contributed by atoms with Crippen molar-refractivity contribution < 1.29 is 14.3 Å². The summed E-state index contributed by atoms with van der Waals surface area (Å²) in [5, 5.41) is 8.36. The second-order valence-electron chi connectivity index (χ2n) is 3.62. The van der Waals surface area contributed by atoms with Crippen LogP contribution in [0.2, 0.25) is 0 Å². The average Bonchev–Trinajstić information content (AvgIpc) is 2.34. The van der Waals surface area contributed by atoms with Gasteiger partial charge in [0.1, 0.15) is 5.75 Å². The fraction of sp³-hybridized carbons (Fsp3) is 0.385. The van der Waals surface area contributed by atoms with E-state index in [1.54, 1.807) is 12.1 Å². The molecule has 0 amide bonds. The van der Waals surface area contributed by atoms with E-state index in [0.717, 1.165) is 0 Å². The van der Waals surface area contributed by atoms with E-state index in [1.807, 2.05) is 13.0 Å². The highest BCUT2D eigenvalue weighted by Crippen LogP contribution is 2.19. The van der Waals surface area contributed by atoms with Gasteiger partial charge in [-0.1, -0.05) is 0 Å². The lowest BCUT2D eigenvalue weighted by Gasteiger charge is -2.08. The molecule has 0 atom stereocenters. The number of esters is 1. The van der Waals surface area contributed by atoms with E-state index in [1.165, 1.54) is 6.07 Å². The van der Waals surface area contributed by atoms with Crippen molar-refractivity contribution in [1.82, 2.24) is 0 Å². The molecule has 1 aromatic carbocycles. The van der Waals surface area contributed by atoms with Gasteiger partial charge in [-0.25, -0.2) is 4.79 Å².